The molecule has 8 nitrogen and oxygen atoms in total. The van der Waals surface area contributed by atoms with Gasteiger partial charge in [-0.3, -0.25) is 10.1 Å². The molecule has 0 atom stereocenters. The molecule has 0 bridgehead atoms. The molecular weight excluding hydrogens is 334 g/mol. The number of para-hydroxylation sites is 1. The van der Waals surface area contributed by atoms with Crippen molar-refractivity contribution in [2.45, 2.75) is 17.9 Å². The maximum absolute atomic E-state index is 12.5. The molecule has 2 heterocycles. The number of nitro groups is 1. The van der Waals surface area contributed by atoms with Gasteiger partial charge in [0.15, 0.2) is 4.90 Å². The van der Waals surface area contributed by atoms with Gasteiger partial charge in [0.05, 0.1) is 18.0 Å². The lowest BCUT2D eigenvalue weighted by Crippen LogP contribution is -2.56. The fourth-order valence-corrected chi connectivity index (χ4v) is 4.05. The van der Waals surface area contributed by atoms with Crippen LogP contribution in [0.4, 0.5) is 5.69 Å². The molecule has 0 radical (unpaired) electrons. The lowest BCUT2D eigenvalue weighted by molar-refractivity contribution is -0.387. The van der Waals surface area contributed by atoms with Crippen molar-refractivity contribution in [3.63, 3.8) is 0 Å². The summed E-state index contributed by atoms with van der Waals surface area (Å²) in [6, 6.07) is 10.7. The molecule has 1 aliphatic rings. The maximum atomic E-state index is 12.5. The number of sulfonamides is 1. The number of aromatic nitrogens is 1. The van der Waals surface area contributed by atoms with E-state index in [-0.39, 0.29) is 24.1 Å². The van der Waals surface area contributed by atoms with Crippen LogP contribution in [0.3, 0.4) is 0 Å². The maximum Gasteiger partial charge on any atom is 0.289 e. The summed E-state index contributed by atoms with van der Waals surface area (Å²) in [6.45, 7) is 2.09. The standard InChI is InChI=1S/C15H15N3O5S/c1-11-5-4-8-15(16-11)23-12-9-17(10-12)24(21,22)14-7-3-2-6-13(14)18(19)20/h2-8,12H,9-10H2,1H3. The van der Waals surface area contributed by atoms with Crippen molar-refractivity contribution >= 4 is 15.7 Å². The highest BCUT2D eigenvalue weighted by Crippen LogP contribution is 2.29. The van der Waals surface area contributed by atoms with Crippen LogP contribution in [0.2, 0.25) is 0 Å². The number of hydrogen-bond donors (Lipinski definition) is 0. The number of hydrogen-bond acceptors (Lipinski definition) is 6. The number of ether oxygens (including phenoxy) is 1. The summed E-state index contributed by atoms with van der Waals surface area (Å²) < 4.78 is 31.9. The van der Waals surface area contributed by atoms with Crippen molar-refractivity contribution < 1.29 is 18.1 Å². The van der Waals surface area contributed by atoms with Crippen molar-refractivity contribution in [3.8, 4) is 5.88 Å². The summed E-state index contributed by atoms with van der Waals surface area (Å²) in [4.78, 5) is 14.2. The number of pyridine rings is 1. The van der Waals surface area contributed by atoms with E-state index in [0.717, 1.165) is 10.00 Å². The van der Waals surface area contributed by atoms with Crippen LogP contribution in [0, 0.1) is 17.0 Å². The third-order valence-electron chi connectivity index (χ3n) is 3.64. The fourth-order valence-electron chi connectivity index (χ4n) is 2.39. The van der Waals surface area contributed by atoms with Gasteiger partial charge in [0, 0.05) is 17.8 Å². The minimum absolute atomic E-state index is 0.129. The largest absolute Gasteiger partial charge is 0.472 e. The van der Waals surface area contributed by atoms with E-state index in [0.29, 0.717) is 5.88 Å². The number of nitrogens with zero attached hydrogens (tertiary/aromatic N) is 3. The molecular formula is C15H15N3O5S. The van der Waals surface area contributed by atoms with E-state index in [1.165, 1.54) is 24.3 Å². The minimum atomic E-state index is -3.92. The second kappa shape index (κ2) is 6.17. The van der Waals surface area contributed by atoms with E-state index in [9.17, 15) is 18.5 Å². The van der Waals surface area contributed by atoms with Crippen molar-refractivity contribution in [3.05, 3.63) is 58.3 Å². The number of nitro benzene ring substituents is 1. The highest BCUT2D eigenvalue weighted by Gasteiger charge is 2.41. The first-order chi connectivity index (χ1) is 11.4. The Balaban J connectivity index is 1.72. The van der Waals surface area contributed by atoms with Crippen LogP contribution in [0.1, 0.15) is 5.69 Å². The predicted octanol–water partition coefficient (Wildman–Crippen LogP) is 1.75. The van der Waals surface area contributed by atoms with Gasteiger partial charge in [0.1, 0.15) is 6.10 Å². The Labute approximate surface area is 138 Å². The van der Waals surface area contributed by atoms with Gasteiger partial charge in [-0.15, -0.1) is 0 Å². The van der Waals surface area contributed by atoms with E-state index in [4.69, 9.17) is 4.74 Å². The second-order valence-corrected chi connectivity index (χ2v) is 7.31. The molecule has 0 N–H and O–H groups in total. The van der Waals surface area contributed by atoms with Crippen LogP contribution in [0.15, 0.2) is 47.4 Å². The molecule has 1 aliphatic heterocycles. The van der Waals surface area contributed by atoms with Gasteiger partial charge >= 0.3 is 0 Å². The molecule has 1 aromatic heterocycles. The number of aryl methyl sites for hydroxylation is 1. The second-order valence-electron chi connectivity index (χ2n) is 5.40. The Morgan fingerprint density at radius 2 is 1.92 bits per heavy atom. The molecule has 24 heavy (non-hydrogen) atoms. The lowest BCUT2D eigenvalue weighted by Gasteiger charge is -2.37. The zero-order chi connectivity index (χ0) is 17.3. The van der Waals surface area contributed by atoms with Crippen LogP contribution >= 0.6 is 0 Å². The van der Waals surface area contributed by atoms with E-state index in [1.807, 2.05) is 13.0 Å². The molecule has 1 saturated heterocycles. The Kier molecular flexibility index (Phi) is 4.20. The minimum Gasteiger partial charge on any atom is -0.472 e. The molecule has 3 rings (SSSR count). The Morgan fingerprint density at radius 3 is 2.58 bits per heavy atom. The van der Waals surface area contributed by atoms with Crippen LogP contribution in [-0.2, 0) is 10.0 Å². The van der Waals surface area contributed by atoms with Gasteiger partial charge < -0.3 is 4.74 Å². The summed E-state index contributed by atoms with van der Waals surface area (Å²) in [6.07, 6.45) is -0.322. The Morgan fingerprint density at radius 1 is 1.21 bits per heavy atom. The van der Waals surface area contributed by atoms with Crippen LogP contribution in [-0.4, -0.2) is 41.8 Å². The Bertz CT molecular complexity index is 878. The van der Waals surface area contributed by atoms with Crippen molar-refractivity contribution in [2.24, 2.45) is 0 Å². The fraction of sp³-hybridized carbons (Fsp3) is 0.267. The normalized spacial score (nSPS) is 15.7. The molecule has 0 unspecified atom stereocenters. The first-order valence-electron chi connectivity index (χ1n) is 7.22. The quantitative estimate of drug-likeness (QED) is 0.602. The topological polar surface area (TPSA) is 103 Å². The number of rotatable bonds is 5. The van der Waals surface area contributed by atoms with Crippen molar-refractivity contribution in [1.29, 1.82) is 0 Å². The summed E-state index contributed by atoms with van der Waals surface area (Å²) in [5, 5.41) is 11.0. The molecule has 126 valence electrons. The molecule has 0 saturated carbocycles. The molecule has 1 aromatic carbocycles. The predicted molar refractivity (Wildman–Crippen MR) is 85.2 cm³/mol. The summed E-state index contributed by atoms with van der Waals surface area (Å²) >= 11 is 0. The van der Waals surface area contributed by atoms with E-state index in [2.05, 4.69) is 4.98 Å². The first-order valence-corrected chi connectivity index (χ1v) is 8.66. The summed E-state index contributed by atoms with van der Waals surface area (Å²) in [5.41, 5.74) is 0.374. The van der Waals surface area contributed by atoms with Gasteiger partial charge in [-0.2, -0.15) is 4.31 Å². The zero-order valence-electron chi connectivity index (χ0n) is 12.8. The van der Waals surface area contributed by atoms with Crippen LogP contribution < -0.4 is 4.74 Å². The van der Waals surface area contributed by atoms with Gasteiger partial charge in [0.25, 0.3) is 5.69 Å². The molecule has 0 amide bonds. The smallest absolute Gasteiger partial charge is 0.289 e. The molecule has 2 aromatic rings. The SMILES string of the molecule is Cc1cccc(OC2CN(S(=O)(=O)c3ccccc3[N+](=O)[O-])C2)n1. The van der Waals surface area contributed by atoms with Crippen LogP contribution in [0.25, 0.3) is 0 Å². The van der Waals surface area contributed by atoms with E-state index in [1.54, 1.807) is 12.1 Å². The third kappa shape index (κ3) is 3.08. The monoisotopic (exact) mass is 349 g/mol. The van der Waals surface area contributed by atoms with Crippen LogP contribution in [0.5, 0.6) is 5.88 Å². The van der Waals surface area contributed by atoms with E-state index < -0.39 is 20.6 Å². The van der Waals surface area contributed by atoms with E-state index >= 15 is 0 Å². The average Bonchev–Trinajstić information content (AvgIpc) is 2.50. The van der Waals surface area contributed by atoms with Crippen molar-refractivity contribution in [2.75, 3.05) is 13.1 Å². The summed E-state index contributed by atoms with van der Waals surface area (Å²) in [5.74, 6) is 0.433. The first kappa shape index (κ1) is 16.3. The van der Waals surface area contributed by atoms with Gasteiger partial charge in [0.2, 0.25) is 15.9 Å². The number of benzene rings is 1. The van der Waals surface area contributed by atoms with Gasteiger partial charge in [-0.25, -0.2) is 13.4 Å². The molecule has 0 aliphatic carbocycles. The van der Waals surface area contributed by atoms with Gasteiger partial charge in [-0.1, -0.05) is 18.2 Å². The Hall–Kier alpha value is -2.52. The zero-order valence-corrected chi connectivity index (χ0v) is 13.6. The molecule has 9 heteroatoms. The highest BCUT2D eigenvalue weighted by atomic mass is 32.2. The molecule has 1 fully saturated rings. The van der Waals surface area contributed by atoms with Crippen molar-refractivity contribution in [1.82, 2.24) is 9.29 Å². The average molecular weight is 349 g/mol. The highest BCUT2D eigenvalue weighted by molar-refractivity contribution is 7.89. The lowest BCUT2D eigenvalue weighted by atomic mass is 10.2. The summed E-state index contributed by atoms with van der Waals surface area (Å²) in [7, 11) is -3.92. The third-order valence-corrected chi connectivity index (χ3v) is 5.52. The van der Waals surface area contributed by atoms with Gasteiger partial charge in [-0.05, 0) is 19.1 Å². The molecule has 0 spiro atoms.